The van der Waals surface area contributed by atoms with Crippen molar-refractivity contribution in [3.63, 3.8) is 0 Å². The average molecular weight is 748 g/mol. The van der Waals surface area contributed by atoms with E-state index in [-0.39, 0.29) is 12.0 Å². The van der Waals surface area contributed by atoms with Crippen LogP contribution in [0.5, 0.6) is 46.0 Å². The van der Waals surface area contributed by atoms with Crippen molar-refractivity contribution in [2.75, 3.05) is 61.2 Å². The molecule has 0 spiro atoms. The molecule has 53 heavy (non-hydrogen) atoms. The van der Waals surface area contributed by atoms with Gasteiger partial charge in [-0.3, -0.25) is 4.79 Å². The maximum atomic E-state index is 12.7. The molecule has 0 fully saturated rings. The van der Waals surface area contributed by atoms with Gasteiger partial charge >= 0.3 is 0 Å². The zero-order valence-corrected chi connectivity index (χ0v) is 31.1. The number of carbonyl (C=O) groups is 1. The summed E-state index contributed by atoms with van der Waals surface area (Å²) in [7, 11) is 9.45. The summed E-state index contributed by atoms with van der Waals surface area (Å²) >= 11 is 6.07. The molecule has 0 saturated carbocycles. The summed E-state index contributed by atoms with van der Waals surface area (Å²) in [6.45, 7) is 0.838. The van der Waals surface area contributed by atoms with E-state index in [9.17, 15) is 4.79 Å². The summed E-state index contributed by atoms with van der Waals surface area (Å²) in [6.07, 6.45) is 1.11. The van der Waals surface area contributed by atoms with Gasteiger partial charge in [-0.2, -0.15) is 0 Å². The Balaban J connectivity index is 1.03. The number of hydrogen-bond acceptors (Lipinski definition) is 12. The molecule has 2 heterocycles. The number of anilines is 1. The molecule has 2 unspecified atom stereocenters. The summed E-state index contributed by atoms with van der Waals surface area (Å²) in [5.74, 6) is 4.03. The Bertz CT molecular complexity index is 1940. The van der Waals surface area contributed by atoms with Crippen LogP contribution in [0, 0.1) is 0 Å². The first kappa shape index (κ1) is 37.1. The summed E-state index contributed by atoms with van der Waals surface area (Å²) in [4.78, 5) is 18.5. The standard InChI is InChI=1S/C39H42ClN3O10/c1-45-31-15-22(38-41-27-11-10-25(40)20-26(27)39(44)42-38)9-12-29(31)51-13-7-8-14-52-37-34(48-4)16-23(17-35(37)49-5)28-21-30(53-43-28)24-18-32(46-2)36(50-6)33(19-24)47-3/h9-12,15-20,30,38,41H,7-8,13-14,21H2,1-6H3,(H,42,44). The van der Waals surface area contributed by atoms with Crippen LogP contribution in [0.2, 0.25) is 5.02 Å². The largest absolute Gasteiger partial charge is 0.493 e. The predicted molar refractivity (Wildman–Crippen MR) is 199 cm³/mol. The second kappa shape index (κ2) is 16.8. The van der Waals surface area contributed by atoms with Crippen LogP contribution < -0.4 is 48.5 Å². The van der Waals surface area contributed by atoms with Gasteiger partial charge in [0.1, 0.15) is 6.17 Å². The number of carbonyl (C=O) groups excluding carboxylic acids is 1. The Hall–Kier alpha value is -5.69. The van der Waals surface area contributed by atoms with Crippen molar-refractivity contribution in [2.45, 2.75) is 31.5 Å². The van der Waals surface area contributed by atoms with Crippen molar-refractivity contribution in [3.05, 3.63) is 87.9 Å². The third kappa shape index (κ3) is 8.05. The smallest absolute Gasteiger partial charge is 0.255 e. The van der Waals surface area contributed by atoms with E-state index < -0.39 is 6.17 Å². The minimum absolute atomic E-state index is 0.209. The van der Waals surface area contributed by atoms with Crippen LogP contribution in [0.1, 0.15) is 58.6 Å². The third-order valence-corrected chi connectivity index (χ3v) is 9.12. The van der Waals surface area contributed by atoms with Crippen molar-refractivity contribution >= 4 is 28.9 Å². The van der Waals surface area contributed by atoms with Crippen molar-refractivity contribution in [1.82, 2.24) is 5.32 Å². The van der Waals surface area contributed by atoms with E-state index in [1.54, 1.807) is 60.9 Å². The molecule has 280 valence electrons. The molecule has 13 nitrogen and oxygen atoms in total. The first-order valence-electron chi connectivity index (χ1n) is 16.9. The van der Waals surface area contributed by atoms with E-state index in [0.29, 0.717) is 94.7 Å². The van der Waals surface area contributed by atoms with Gasteiger partial charge in [-0.25, -0.2) is 0 Å². The molecule has 1 amide bonds. The van der Waals surface area contributed by atoms with E-state index in [0.717, 1.165) is 22.4 Å². The molecule has 0 aromatic heterocycles. The Morgan fingerprint density at radius 3 is 1.94 bits per heavy atom. The Morgan fingerprint density at radius 1 is 0.679 bits per heavy atom. The first-order chi connectivity index (χ1) is 25.8. The van der Waals surface area contributed by atoms with Crippen LogP contribution in [0.4, 0.5) is 5.69 Å². The van der Waals surface area contributed by atoms with Crippen molar-refractivity contribution < 1.29 is 47.5 Å². The summed E-state index contributed by atoms with van der Waals surface area (Å²) in [5, 5.41) is 11.2. The lowest BCUT2D eigenvalue weighted by Gasteiger charge is -2.28. The van der Waals surface area contributed by atoms with Gasteiger partial charge in [0.2, 0.25) is 11.5 Å². The van der Waals surface area contributed by atoms with E-state index in [4.69, 9.17) is 54.3 Å². The van der Waals surface area contributed by atoms with Crippen molar-refractivity contribution in [2.24, 2.45) is 5.16 Å². The van der Waals surface area contributed by atoms with Crippen molar-refractivity contribution in [3.8, 4) is 46.0 Å². The first-order valence-corrected chi connectivity index (χ1v) is 17.3. The number of rotatable bonds is 16. The molecule has 4 aromatic carbocycles. The number of oxime groups is 1. The number of halogens is 1. The molecule has 0 bridgehead atoms. The zero-order valence-electron chi connectivity index (χ0n) is 30.4. The molecule has 4 aromatic rings. The van der Waals surface area contributed by atoms with Gasteiger partial charge in [0, 0.05) is 28.3 Å². The van der Waals surface area contributed by atoms with Crippen molar-refractivity contribution in [1.29, 1.82) is 0 Å². The molecule has 2 aliphatic rings. The fourth-order valence-electron chi connectivity index (χ4n) is 6.14. The number of methoxy groups -OCH3 is 6. The molecule has 2 aliphatic heterocycles. The Kier molecular flexibility index (Phi) is 11.7. The van der Waals surface area contributed by atoms with Crippen LogP contribution in [0.3, 0.4) is 0 Å². The second-order valence-corrected chi connectivity index (χ2v) is 12.5. The molecular formula is C39H42ClN3O10. The van der Waals surface area contributed by atoms with Gasteiger partial charge in [0.05, 0.1) is 67.1 Å². The normalized spacial score (nSPS) is 15.9. The number of nitrogens with one attached hydrogen (secondary N) is 2. The van der Waals surface area contributed by atoms with Gasteiger partial charge in [-0.15, -0.1) is 0 Å². The maximum Gasteiger partial charge on any atom is 0.255 e. The van der Waals surface area contributed by atoms with E-state index >= 15 is 0 Å². The van der Waals surface area contributed by atoms with Gasteiger partial charge in [-0.05, 0) is 73.0 Å². The molecule has 0 radical (unpaired) electrons. The average Bonchev–Trinajstić information content (AvgIpc) is 3.69. The minimum atomic E-state index is -0.440. The molecular weight excluding hydrogens is 706 g/mol. The number of nitrogens with zero attached hydrogens (tertiary/aromatic N) is 1. The highest BCUT2D eigenvalue weighted by atomic mass is 35.5. The van der Waals surface area contributed by atoms with Crippen LogP contribution in [0.25, 0.3) is 0 Å². The number of ether oxygens (including phenoxy) is 8. The SMILES string of the molecule is COc1cc(C2NC(=O)c3cc(Cl)ccc3N2)ccc1OCCCCOc1c(OC)cc(C2=NOC(c3cc(OC)c(OC)c(OC)c3)C2)cc1OC. The highest BCUT2D eigenvalue weighted by Crippen LogP contribution is 2.44. The molecule has 14 heteroatoms. The minimum Gasteiger partial charge on any atom is -0.493 e. The highest BCUT2D eigenvalue weighted by molar-refractivity contribution is 6.31. The molecule has 0 saturated heterocycles. The van der Waals surface area contributed by atoms with Gasteiger partial charge in [-0.1, -0.05) is 22.8 Å². The lowest BCUT2D eigenvalue weighted by atomic mass is 9.99. The number of benzene rings is 4. The fourth-order valence-corrected chi connectivity index (χ4v) is 6.32. The number of fused-ring (bicyclic) bond motifs is 1. The fraction of sp³-hybridized carbons (Fsp3) is 0.333. The lowest BCUT2D eigenvalue weighted by Crippen LogP contribution is -2.38. The summed E-state index contributed by atoms with van der Waals surface area (Å²) < 4.78 is 45.7. The quantitative estimate of drug-likeness (QED) is 0.111. The lowest BCUT2D eigenvalue weighted by molar-refractivity contribution is 0.0853. The highest BCUT2D eigenvalue weighted by Gasteiger charge is 2.29. The predicted octanol–water partition coefficient (Wildman–Crippen LogP) is 7.35. The summed E-state index contributed by atoms with van der Waals surface area (Å²) in [6, 6.07) is 18.2. The summed E-state index contributed by atoms with van der Waals surface area (Å²) in [5.41, 5.74) is 4.36. The number of amides is 1. The monoisotopic (exact) mass is 747 g/mol. The van der Waals surface area contributed by atoms with E-state index in [1.807, 2.05) is 42.5 Å². The van der Waals surface area contributed by atoms with Crippen LogP contribution in [0.15, 0.2) is 65.8 Å². The Morgan fingerprint density at radius 2 is 1.30 bits per heavy atom. The van der Waals surface area contributed by atoms with Gasteiger partial charge < -0.3 is 53.4 Å². The molecule has 6 rings (SSSR count). The number of unbranched alkanes of at least 4 members (excludes halogenated alkanes) is 1. The molecule has 2 atom stereocenters. The zero-order chi connectivity index (χ0) is 37.5. The van der Waals surface area contributed by atoms with Gasteiger partial charge in [0.15, 0.2) is 40.6 Å². The van der Waals surface area contributed by atoms with Crippen LogP contribution >= 0.6 is 11.6 Å². The van der Waals surface area contributed by atoms with E-state index in [1.165, 1.54) is 0 Å². The van der Waals surface area contributed by atoms with E-state index in [2.05, 4.69) is 15.8 Å². The van der Waals surface area contributed by atoms with Gasteiger partial charge in [0.25, 0.3) is 5.91 Å². The van der Waals surface area contributed by atoms with Crippen LogP contribution in [-0.4, -0.2) is 67.5 Å². The topological polar surface area (TPSA) is 137 Å². The molecule has 2 N–H and O–H groups in total. The molecule has 0 aliphatic carbocycles. The number of hydrogen-bond donors (Lipinski definition) is 2. The maximum absolute atomic E-state index is 12.7. The van der Waals surface area contributed by atoms with Crippen LogP contribution in [-0.2, 0) is 4.84 Å². The second-order valence-electron chi connectivity index (χ2n) is 12.1. The third-order valence-electron chi connectivity index (χ3n) is 8.89. The Labute approximate surface area is 313 Å².